The normalized spacial score (nSPS) is 10.8. The SMILES string of the molecule is Cc1nc2nc(N(C)C)nc(OCCc3ccc([N+](=O)[O-])cc3)c2nc1C. The lowest BCUT2D eigenvalue weighted by molar-refractivity contribution is -0.384. The van der Waals surface area contributed by atoms with E-state index in [1.807, 2.05) is 27.9 Å². The zero-order chi connectivity index (χ0) is 19.6. The van der Waals surface area contributed by atoms with E-state index in [4.69, 9.17) is 4.74 Å². The summed E-state index contributed by atoms with van der Waals surface area (Å²) < 4.78 is 5.87. The van der Waals surface area contributed by atoms with E-state index < -0.39 is 4.92 Å². The van der Waals surface area contributed by atoms with Gasteiger partial charge in [-0.05, 0) is 19.4 Å². The molecule has 3 rings (SSSR count). The van der Waals surface area contributed by atoms with Crippen LogP contribution in [0.3, 0.4) is 0 Å². The highest BCUT2D eigenvalue weighted by molar-refractivity contribution is 5.77. The van der Waals surface area contributed by atoms with Crippen LogP contribution in [0.15, 0.2) is 24.3 Å². The number of fused-ring (bicyclic) bond motifs is 1. The summed E-state index contributed by atoms with van der Waals surface area (Å²) in [6, 6.07) is 6.41. The van der Waals surface area contributed by atoms with Crippen molar-refractivity contribution in [3.8, 4) is 5.88 Å². The van der Waals surface area contributed by atoms with Crippen LogP contribution in [0.25, 0.3) is 11.2 Å². The predicted molar refractivity (Wildman–Crippen MR) is 101 cm³/mol. The van der Waals surface area contributed by atoms with E-state index in [2.05, 4.69) is 19.9 Å². The van der Waals surface area contributed by atoms with Crippen molar-refractivity contribution in [1.29, 1.82) is 0 Å². The molecule has 3 aromatic rings. The Hall–Kier alpha value is -3.36. The molecule has 0 radical (unpaired) electrons. The van der Waals surface area contributed by atoms with Crippen LogP contribution in [0.2, 0.25) is 0 Å². The van der Waals surface area contributed by atoms with Gasteiger partial charge in [0, 0.05) is 32.6 Å². The molecular weight excluding hydrogens is 348 g/mol. The van der Waals surface area contributed by atoms with Crippen LogP contribution in [-0.2, 0) is 6.42 Å². The molecule has 0 saturated heterocycles. The summed E-state index contributed by atoms with van der Waals surface area (Å²) in [5, 5.41) is 10.7. The average Bonchev–Trinajstić information content (AvgIpc) is 2.63. The number of non-ortho nitro benzene ring substituents is 1. The summed E-state index contributed by atoms with van der Waals surface area (Å²) >= 11 is 0. The molecule has 9 nitrogen and oxygen atoms in total. The third-order valence-corrected chi connectivity index (χ3v) is 4.08. The number of nitro benzene ring substituents is 1. The van der Waals surface area contributed by atoms with Crippen LogP contribution in [-0.4, -0.2) is 45.6 Å². The van der Waals surface area contributed by atoms with Gasteiger partial charge in [-0.2, -0.15) is 9.97 Å². The fraction of sp³-hybridized carbons (Fsp3) is 0.333. The van der Waals surface area contributed by atoms with Gasteiger partial charge in [0.15, 0.2) is 11.2 Å². The van der Waals surface area contributed by atoms with Crippen LogP contribution in [0.5, 0.6) is 5.88 Å². The molecule has 0 unspecified atom stereocenters. The zero-order valence-electron chi connectivity index (χ0n) is 15.6. The van der Waals surface area contributed by atoms with E-state index in [1.54, 1.807) is 17.0 Å². The quantitative estimate of drug-likeness (QED) is 0.483. The van der Waals surface area contributed by atoms with E-state index in [0.29, 0.717) is 36.0 Å². The van der Waals surface area contributed by atoms with Crippen molar-refractivity contribution in [1.82, 2.24) is 19.9 Å². The Morgan fingerprint density at radius 3 is 2.33 bits per heavy atom. The van der Waals surface area contributed by atoms with Gasteiger partial charge >= 0.3 is 0 Å². The number of nitrogens with zero attached hydrogens (tertiary/aromatic N) is 6. The molecule has 0 bridgehead atoms. The van der Waals surface area contributed by atoms with E-state index in [0.717, 1.165) is 17.0 Å². The number of anilines is 1. The maximum Gasteiger partial charge on any atom is 0.269 e. The molecule has 0 spiro atoms. The standard InChI is InChI=1S/C18H20N6O3/c1-11-12(2)20-16-15(19-11)17(22-18(21-16)23(3)4)27-10-9-13-5-7-14(8-6-13)24(25)26/h5-8H,9-10H2,1-4H3. The second kappa shape index (κ2) is 7.48. The Balaban J connectivity index is 1.82. The van der Waals surface area contributed by atoms with Gasteiger partial charge in [-0.1, -0.05) is 12.1 Å². The van der Waals surface area contributed by atoms with Gasteiger partial charge in [0.05, 0.1) is 22.9 Å². The number of aromatic nitrogens is 4. The Labute approximate surface area is 156 Å². The first-order valence-corrected chi connectivity index (χ1v) is 8.41. The summed E-state index contributed by atoms with van der Waals surface area (Å²) in [5.74, 6) is 0.867. The molecule has 140 valence electrons. The smallest absolute Gasteiger partial charge is 0.269 e. The number of benzene rings is 1. The molecule has 2 aromatic heterocycles. The highest BCUT2D eigenvalue weighted by Gasteiger charge is 2.14. The van der Waals surface area contributed by atoms with E-state index in [-0.39, 0.29) is 5.69 Å². The maximum absolute atomic E-state index is 10.7. The van der Waals surface area contributed by atoms with Gasteiger partial charge in [0.1, 0.15) is 0 Å². The van der Waals surface area contributed by atoms with Crippen molar-refractivity contribution in [2.24, 2.45) is 0 Å². The second-order valence-electron chi connectivity index (χ2n) is 6.31. The number of nitro groups is 1. The largest absolute Gasteiger partial charge is 0.476 e. The first-order valence-electron chi connectivity index (χ1n) is 8.41. The highest BCUT2D eigenvalue weighted by Crippen LogP contribution is 2.23. The number of hydrogen-bond donors (Lipinski definition) is 0. The lowest BCUT2D eigenvalue weighted by Gasteiger charge is -2.14. The molecule has 0 aliphatic heterocycles. The molecule has 0 amide bonds. The molecule has 0 aliphatic rings. The van der Waals surface area contributed by atoms with Gasteiger partial charge in [-0.3, -0.25) is 10.1 Å². The molecule has 0 aliphatic carbocycles. The Kier molecular flexibility index (Phi) is 5.11. The van der Waals surface area contributed by atoms with E-state index in [9.17, 15) is 10.1 Å². The van der Waals surface area contributed by atoms with Crippen molar-refractivity contribution in [2.75, 3.05) is 25.6 Å². The van der Waals surface area contributed by atoms with Gasteiger partial charge < -0.3 is 9.64 Å². The highest BCUT2D eigenvalue weighted by atomic mass is 16.6. The molecule has 0 N–H and O–H groups in total. The monoisotopic (exact) mass is 368 g/mol. The molecular formula is C18H20N6O3. The number of rotatable bonds is 6. The minimum atomic E-state index is -0.418. The molecule has 27 heavy (non-hydrogen) atoms. The molecule has 0 fully saturated rings. The van der Waals surface area contributed by atoms with Crippen LogP contribution in [0.1, 0.15) is 17.0 Å². The Morgan fingerprint density at radius 1 is 1.04 bits per heavy atom. The maximum atomic E-state index is 10.7. The lowest BCUT2D eigenvalue weighted by Crippen LogP contribution is -2.15. The summed E-state index contributed by atoms with van der Waals surface area (Å²) in [5.41, 5.74) is 3.62. The molecule has 2 heterocycles. The van der Waals surface area contributed by atoms with Crippen molar-refractivity contribution in [3.63, 3.8) is 0 Å². The fourth-order valence-corrected chi connectivity index (χ4v) is 2.43. The lowest BCUT2D eigenvalue weighted by atomic mass is 10.1. The summed E-state index contributed by atoms with van der Waals surface area (Å²) in [6.07, 6.45) is 0.582. The van der Waals surface area contributed by atoms with Gasteiger partial charge in [0.2, 0.25) is 11.8 Å². The number of ether oxygens (including phenoxy) is 1. The minimum Gasteiger partial charge on any atom is -0.476 e. The fourth-order valence-electron chi connectivity index (χ4n) is 2.43. The molecule has 0 atom stereocenters. The summed E-state index contributed by atoms with van der Waals surface area (Å²) in [4.78, 5) is 30.0. The van der Waals surface area contributed by atoms with Crippen LogP contribution < -0.4 is 9.64 Å². The third-order valence-electron chi connectivity index (χ3n) is 4.08. The third kappa shape index (κ3) is 4.08. The summed E-state index contributed by atoms with van der Waals surface area (Å²) in [7, 11) is 3.69. The zero-order valence-corrected chi connectivity index (χ0v) is 15.6. The van der Waals surface area contributed by atoms with E-state index in [1.165, 1.54) is 12.1 Å². The van der Waals surface area contributed by atoms with Crippen LogP contribution >= 0.6 is 0 Å². The van der Waals surface area contributed by atoms with E-state index >= 15 is 0 Å². The topological polar surface area (TPSA) is 107 Å². The van der Waals surface area contributed by atoms with Crippen molar-refractivity contribution < 1.29 is 9.66 Å². The molecule has 0 saturated carbocycles. The molecule has 1 aromatic carbocycles. The van der Waals surface area contributed by atoms with Gasteiger partial charge in [-0.15, -0.1) is 0 Å². The van der Waals surface area contributed by atoms with Gasteiger partial charge in [-0.25, -0.2) is 9.97 Å². The first-order chi connectivity index (χ1) is 12.8. The second-order valence-corrected chi connectivity index (χ2v) is 6.31. The number of hydrogen-bond acceptors (Lipinski definition) is 8. The predicted octanol–water partition coefficient (Wildman–Crippen LogP) is 2.63. The van der Waals surface area contributed by atoms with Crippen molar-refractivity contribution >= 4 is 22.8 Å². The number of aryl methyl sites for hydroxylation is 2. The minimum absolute atomic E-state index is 0.0678. The van der Waals surface area contributed by atoms with Crippen LogP contribution in [0.4, 0.5) is 11.6 Å². The van der Waals surface area contributed by atoms with Crippen molar-refractivity contribution in [2.45, 2.75) is 20.3 Å². The summed E-state index contributed by atoms with van der Waals surface area (Å²) in [6.45, 7) is 4.11. The first kappa shape index (κ1) is 18.4. The van der Waals surface area contributed by atoms with Crippen molar-refractivity contribution in [3.05, 3.63) is 51.3 Å². The van der Waals surface area contributed by atoms with Gasteiger partial charge in [0.25, 0.3) is 5.69 Å². The van der Waals surface area contributed by atoms with Crippen LogP contribution in [0, 0.1) is 24.0 Å². The average molecular weight is 368 g/mol. The Morgan fingerprint density at radius 2 is 1.70 bits per heavy atom. The Bertz CT molecular complexity index is 989. The molecule has 9 heteroatoms.